The third-order valence-electron chi connectivity index (χ3n) is 3.98. The van der Waals surface area contributed by atoms with Crippen molar-refractivity contribution in [1.29, 1.82) is 0 Å². The van der Waals surface area contributed by atoms with Crippen molar-refractivity contribution in [3.63, 3.8) is 0 Å². The highest BCUT2D eigenvalue weighted by Gasteiger charge is 2.25. The minimum absolute atomic E-state index is 0.339. The number of nitrogens with one attached hydrogen (secondary N) is 1. The van der Waals surface area contributed by atoms with Crippen molar-refractivity contribution in [2.45, 2.75) is 0 Å². The van der Waals surface area contributed by atoms with Crippen LogP contribution in [0.25, 0.3) is 6.08 Å². The number of imide groups is 1. The summed E-state index contributed by atoms with van der Waals surface area (Å²) in [5.74, 6) is 0.930. The molecule has 0 unspecified atom stereocenters. The third-order valence-corrected chi connectivity index (χ3v) is 4.79. The fourth-order valence-electron chi connectivity index (χ4n) is 2.71. The highest BCUT2D eigenvalue weighted by molar-refractivity contribution is 8.18. The Bertz CT molecular complexity index is 866. The number of hydrogen-bond acceptors (Lipinski definition) is 9. The maximum atomic E-state index is 11.7. The Labute approximate surface area is 153 Å². The first-order valence-corrected chi connectivity index (χ1v) is 8.85. The van der Waals surface area contributed by atoms with Gasteiger partial charge >= 0.3 is 0 Å². The zero-order valence-electron chi connectivity index (χ0n) is 13.7. The molecule has 1 N–H and O–H groups in total. The van der Waals surface area contributed by atoms with Crippen LogP contribution in [-0.2, 0) is 4.79 Å². The molecule has 2 aromatic rings. The molecule has 0 spiro atoms. The fraction of sp³-hybridized carbons (Fsp3) is 0.250. The van der Waals surface area contributed by atoms with Crippen molar-refractivity contribution in [3.8, 4) is 0 Å². The van der Waals surface area contributed by atoms with Gasteiger partial charge in [0.1, 0.15) is 0 Å². The Morgan fingerprint density at radius 2 is 1.62 bits per heavy atom. The van der Waals surface area contributed by atoms with E-state index in [1.807, 2.05) is 0 Å². The molecule has 132 valence electrons. The second-order valence-corrected chi connectivity index (χ2v) is 6.67. The first-order valence-electron chi connectivity index (χ1n) is 8.04. The summed E-state index contributed by atoms with van der Waals surface area (Å²) in [6.07, 6.45) is 6.72. The van der Waals surface area contributed by atoms with Crippen molar-refractivity contribution < 1.29 is 9.59 Å². The van der Waals surface area contributed by atoms with Gasteiger partial charge in [-0.2, -0.15) is 0 Å². The van der Waals surface area contributed by atoms with Gasteiger partial charge in [-0.05, 0) is 30.0 Å². The zero-order valence-corrected chi connectivity index (χ0v) is 14.5. The van der Waals surface area contributed by atoms with Gasteiger partial charge in [-0.1, -0.05) is 0 Å². The molecule has 26 heavy (non-hydrogen) atoms. The summed E-state index contributed by atoms with van der Waals surface area (Å²) < 4.78 is 0. The van der Waals surface area contributed by atoms with Crippen molar-refractivity contribution in [2.24, 2.45) is 0 Å². The van der Waals surface area contributed by atoms with E-state index in [1.54, 1.807) is 36.8 Å². The summed E-state index contributed by atoms with van der Waals surface area (Å²) in [5.41, 5.74) is 0.594. The van der Waals surface area contributed by atoms with E-state index < -0.39 is 5.91 Å². The molecule has 0 bridgehead atoms. The lowest BCUT2D eigenvalue weighted by Gasteiger charge is -2.34. The minimum atomic E-state index is -0.392. The molecule has 0 saturated carbocycles. The molecule has 2 aliphatic rings. The van der Waals surface area contributed by atoms with Gasteiger partial charge in [0.2, 0.25) is 11.9 Å². The summed E-state index contributed by atoms with van der Waals surface area (Å²) in [7, 11) is 0. The fourth-order valence-corrected chi connectivity index (χ4v) is 3.38. The summed E-state index contributed by atoms with van der Waals surface area (Å²) in [4.78, 5) is 44.8. The van der Waals surface area contributed by atoms with Gasteiger partial charge in [0.15, 0.2) is 0 Å². The smallest absolute Gasteiger partial charge is 0.290 e. The van der Waals surface area contributed by atoms with Crippen molar-refractivity contribution in [1.82, 2.24) is 25.3 Å². The molecule has 2 amide bonds. The van der Waals surface area contributed by atoms with Gasteiger partial charge in [0, 0.05) is 44.8 Å². The highest BCUT2D eigenvalue weighted by Crippen LogP contribution is 2.25. The summed E-state index contributed by atoms with van der Waals surface area (Å²) in [5, 5.41) is 1.87. The number of anilines is 2. The molecule has 9 nitrogen and oxygen atoms in total. The largest absolute Gasteiger partial charge is 0.337 e. The molecule has 2 aromatic heterocycles. The monoisotopic (exact) mass is 369 g/mol. The highest BCUT2D eigenvalue weighted by atomic mass is 32.2. The molecule has 2 aliphatic heterocycles. The van der Waals surface area contributed by atoms with Crippen LogP contribution < -0.4 is 15.1 Å². The second kappa shape index (κ2) is 7.08. The predicted molar refractivity (Wildman–Crippen MR) is 97.6 cm³/mol. The quantitative estimate of drug-likeness (QED) is 0.791. The number of aromatic nitrogens is 4. The van der Waals surface area contributed by atoms with E-state index in [2.05, 4.69) is 35.1 Å². The lowest BCUT2D eigenvalue weighted by molar-refractivity contribution is -0.115. The van der Waals surface area contributed by atoms with Gasteiger partial charge in [0.25, 0.3) is 11.1 Å². The van der Waals surface area contributed by atoms with Gasteiger partial charge in [-0.25, -0.2) is 19.9 Å². The number of hydrogen-bond donors (Lipinski definition) is 1. The molecule has 2 saturated heterocycles. The first kappa shape index (κ1) is 16.5. The number of carbonyl (C=O) groups excluding carboxylic acids is 2. The van der Waals surface area contributed by atoms with E-state index in [4.69, 9.17) is 0 Å². The SMILES string of the molecule is O=C1NC(=O)C(=Cc2ccnc(N3CCN(c4ncccn4)CC3)n2)S1. The van der Waals surface area contributed by atoms with Crippen molar-refractivity contribution in [3.05, 3.63) is 41.3 Å². The Balaban J connectivity index is 1.45. The summed E-state index contributed by atoms with van der Waals surface area (Å²) >= 11 is 0.875. The third kappa shape index (κ3) is 3.49. The molecular weight excluding hydrogens is 354 g/mol. The van der Waals surface area contributed by atoms with E-state index in [1.165, 1.54) is 0 Å². The van der Waals surface area contributed by atoms with Gasteiger partial charge in [-0.3, -0.25) is 14.9 Å². The predicted octanol–water partition coefficient (Wildman–Crippen LogP) is 0.917. The van der Waals surface area contributed by atoms with Gasteiger partial charge < -0.3 is 9.80 Å². The number of rotatable bonds is 3. The van der Waals surface area contributed by atoms with Crippen LogP contribution in [0.2, 0.25) is 0 Å². The maximum Gasteiger partial charge on any atom is 0.290 e. The van der Waals surface area contributed by atoms with Crippen molar-refractivity contribution in [2.75, 3.05) is 36.0 Å². The number of nitrogens with zero attached hydrogens (tertiary/aromatic N) is 6. The van der Waals surface area contributed by atoms with E-state index in [9.17, 15) is 9.59 Å². The number of carbonyl (C=O) groups is 2. The van der Waals surface area contributed by atoms with Crippen LogP contribution in [0, 0.1) is 0 Å². The topological polar surface area (TPSA) is 104 Å². The maximum absolute atomic E-state index is 11.7. The lowest BCUT2D eigenvalue weighted by atomic mass is 10.3. The Morgan fingerprint density at radius 3 is 2.27 bits per heavy atom. The van der Waals surface area contributed by atoms with Crippen LogP contribution >= 0.6 is 11.8 Å². The van der Waals surface area contributed by atoms with E-state index in [0.29, 0.717) is 16.5 Å². The number of piperazine rings is 1. The minimum Gasteiger partial charge on any atom is -0.337 e. The molecule has 4 heterocycles. The van der Waals surface area contributed by atoms with Crippen LogP contribution in [0.1, 0.15) is 5.69 Å². The molecule has 0 aliphatic carbocycles. The van der Waals surface area contributed by atoms with Gasteiger partial charge in [-0.15, -0.1) is 0 Å². The summed E-state index contributed by atoms with van der Waals surface area (Å²) in [6.45, 7) is 3.02. The molecule has 0 aromatic carbocycles. The molecular formula is C16H15N7O2S. The van der Waals surface area contributed by atoms with E-state index >= 15 is 0 Å². The standard InChI is InChI=1S/C16H15N7O2S/c24-13-12(26-16(25)21-13)10-11-2-5-19-15(20-11)23-8-6-22(7-9-23)14-17-3-1-4-18-14/h1-5,10H,6-9H2,(H,21,24,25). The van der Waals surface area contributed by atoms with Crippen LogP contribution in [0.15, 0.2) is 35.6 Å². The van der Waals surface area contributed by atoms with Gasteiger partial charge in [0.05, 0.1) is 10.6 Å². The molecule has 10 heteroatoms. The molecule has 0 radical (unpaired) electrons. The lowest BCUT2D eigenvalue weighted by Crippen LogP contribution is -2.47. The Hall–Kier alpha value is -3.01. The average molecular weight is 369 g/mol. The Kier molecular flexibility index (Phi) is 4.48. The van der Waals surface area contributed by atoms with Crippen LogP contribution in [0.4, 0.5) is 16.7 Å². The zero-order chi connectivity index (χ0) is 17.9. The molecule has 0 atom stereocenters. The van der Waals surface area contributed by atoms with Crippen LogP contribution in [0.3, 0.4) is 0 Å². The number of thioether (sulfide) groups is 1. The molecule has 2 fully saturated rings. The van der Waals surface area contributed by atoms with E-state index in [-0.39, 0.29) is 5.24 Å². The Morgan fingerprint density at radius 1 is 0.962 bits per heavy atom. The second-order valence-electron chi connectivity index (χ2n) is 5.66. The van der Waals surface area contributed by atoms with E-state index in [0.717, 1.165) is 43.9 Å². The van der Waals surface area contributed by atoms with Crippen molar-refractivity contribution >= 4 is 40.9 Å². The van der Waals surface area contributed by atoms with Crippen LogP contribution in [-0.4, -0.2) is 57.3 Å². The average Bonchev–Trinajstić information content (AvgIpc) is 3.00. The van der Waals surface area contributed by atoms with Crippen LogP contribution in [0.5, 0.6) is 0 Å². The summed E-state index contributed by atoms with van der Waals surface area (Å²) in [6, 6.07) is 3.51. The first-order chi connectivity index (χ1) is 12.7. The normalized spacial score (nSPS) is 19.2. The molecule has 4 rings (SSSR count). The number of amides is 2.